The number of hydrogen-bond acceptors (Lipinski definition) is 6. The zero-order valence-corrected chi connectivity index (χ0v) is 14.8. The van der Waals surface area contributed by atoms with E-state index < -0.39 is 11.8 Å². The average Bonchev–Trinajstić information content (AvgIpc) is 2.67. The van der Waals surface area contributed by atoms with Crippen molar-refractivity contribution in [2.75, 3.05) is 21.3 Å². The summed E-state index contributed by atoms with van der Waals surface area (Å²) in [4.78, 5) is 12.4. The van der Waals surface area contributed by atoms with Gasteiger partial charge in [-0.15, -0.1) is 0 Å². The van der Waals surface area contributed by atoms with Gasteiger partial charge in [0.05, 0.1) is 21.3 Å². The van der Waals surface area contributed by atoms with Crippen LogP contribution in [0, 0.1) is 0 Å². The van der Waals surface area contributed by atoms with E-state index in [2.05, 4.69) is 0 Å². The Morgan fingerprint density at radius 2 is 1.12 bits per heavy atom. The van der Waals surface area contributed by atoms with Crippen molar-refractivity contribution in [1.29, 1.82) is 0 Å². The molecule has 25 heavy (non-hydrogen) atoms. The van der Waals surface area contributed by atoms with Gasteiger partial charge in [0.2, 0.25) is 0 Å². The van der Waals surface area contributed by atoms with Crippen LogP contribution in [-0.2, 0) is 9.53 Å². The third kappa shape index (κ3) is 4.35. The molecule has 0 saturated carbocycles. The van der Waals surface area contributed by atoms with Gasteiger partial charge in [-0.05, 0) is 48.5 Å². The maximum Gasteiger partial charge on any atom is 0.392 e. The van der Waals surface area contributed by atoms with Crippen molar-refractivity contribution in [3.8, 4) is 23.0 Å². The number of esters is 1. The van der Waals surface area contributed by atoms with Crippen LogP contribution in [-0.4, -0.2) is 33.1 Å². The van der Waals surface area contributed by atoms with Gasteiger partial charge in [-0.3, -0.25) is 0 Å². The van der Waals surface area contributed by atoms with Crippen molar-refractivity contribution in [1.82, 2.24) is 0 Å². The van der Waals surface area contributed by atoms with E-state index in [0.717, 1.165) is 0 Å². The number of hydrogen-bond donors (Lipinski definition) is 0. The van der Waals surface area contributed by atoms with E-state index in [1.807, 2.05) is 0 Å². The van der Waals surface area contributed by atoms with Gasteiger partial charge in [-0.1, -0.05) is 6.92 Å². The van der Waals surface area contributed by atoms with Gasteiger partial charge in [0, 0.05) is 6.42 Å². The lowest BCUT2D eigenvalue weighted by Crippen LogP contribution is -2.50. The minimum Gasteiger partial charge on any atom is -0.497 e. The summed E-state index contributed by atoms with van der Waals surface area (Å²) in [6, 6.07) is 13.7. The van der Waals surface area contributed by atoms with Gasteiger partial charge >= 0.3 is 11.8 Å². The first-order valence-electron chi connectivity index (χ1n) is 7.81. The molecule has 134 valence electrons. The SMILES string of the molecule is CCC(Oc1ccc(OC)cc1)(Oc1ccc(OC)cc1)C(=O)OC. The average molecular weight is 346 g/mol. The zero-order chi connectivity index (χ0) is 18.3. The van der Waals surface area contributed by atoms with Gasteiger partial charge < -0.3 is 23.7 Å². The van der Waals surface area contributed by atoms with Crippen LogP contribution < -0.4 is 18.9 Å². The molecule has 6 heteroatoms. The Balaban J connectivity index is 2.29. The second-order valence-electron chi connectivity index (χ2n) is 5.15. The molecule has 0 spiro atoms. The molecule has 0 radical (unpaired) electrons. The molecule has 2 aromatic carbocycles. The molecule has 6 nitrogen and oxygen atoms in total. The Labute approximate surface area is 147 Å². The fourth-order valence-electron chi connectivity index (χ4n) is 2.22. The summed E-state index contributed by atoms with van der Waals surface area (Å²) < 4.78 is 26.9. The number of carbonyl (C=O) groups excluding carboxylic acids is 1. The number of benzene rings is 2. The molecule has 0 heterocycles. The third-order valence-corrected chi connectivity index (χ3v) is 3.65. The monoisotopic (exact) mass is 346 g/mol. The van der Waals surface area contributed by atoms with E-state index in [9.17, 15) is 4.79 Å². The van der Waals surface area contributed by atoms with Crippen LogP contribution >= 0.6 is 0 Å². The van der Waals surface area contributed by atoms with E-state index in [4.69, 9.17) is 23.7 Å². The van der Waals surface area contributed by atoms with E-state index in [-0.39, 0.29) is 6.42 Å². The van der Waals surface area contributed by atoms with Crippen LogP contribution in [0.5, 0.6) is 23.0 Å². The molecule has 0 unspecified atom stereocenters. The lowest BCUT2D eigenvalue weighted by Gasteiger charge is -2.31. The van der Waals surface area contributed by atoms with E-state index in [0.29, 0.717) is 23.0 Å². The summed E-state index contributed by atoms with van der Waals surface area (Å²) in [5, 5.41) is 0. The Kier molecular flexibility index (Phi) is 6.11. The van der Waals surface area contributed by atoms with Crippen LogP contribution in [0.2, 0.25) is 0 Å². The Morgan fingerprint density at radius 1 is 0.760 bits per heavy atom. The number of rotatable bonds is 8. The van der Waals surface area contributed by atoms with Crippen LogP contribution in [0.3, 0.4) is 0 Å². The molecule has 0 N–H and O–H groups in total. The maximum atomic E-state index is 12.4. The number of ether oxygens (including phenoxy) is 5. The van der Waals surface area contributed by atoms with Gasteiger partial charge in [0.15, 0.2) is 0 Å². The Bertz CT molecular complexity index is 629. The standard InChI is InChI=1S/C19H22O6/c1-5-19(18(20)23-4,24-16-10-6-14(21-2)7-11-16)25-17-12-8-15(22-3)9-13-17/h6-13H,5H2,1-4H3. The first kappa shape index (κ1) is 18.4. The molecule has 0 amide bonds. The molecule has 0 bridgehead atoms. The zero-order valence-electron chi connectivity index (χ0n) is 14.8. The van der Waals surface area contributed by atoms with Crippen molar-refractivity contribution in [2.24, 2.45) is 0 Å². The summed E-state index contributed by atoms with van der Waals surface area (Å²) in [7, 11) is 4.45. The molecular weight excluding hydrogens is 324 g/mol. The quantitative estimate of drug-likeness (QED) is 0.539. The largest absolute Gasteiger partial charge is 0.497 e. The lowest BCUT2D eigenvalue weighted by molar-refractivity contribution is -0.190. The highest BCUT2D eigenvalue weighted by molar-refractivity contribution is 5.78. The maximum absolute atomic E-state index is 12.4. The molecule has 0 aliphatic heterocycles. The van der Waals surface area contributed by atoms with Crippen LogP contribution in [0.1, 0.15) is 13.3 Å². The first-order chi connectivity index (χ1) is 12.1. The normalized spacial score (nSPS) is 10.7. The molecule has 0 fully saturated rings. The first-order valence-corrected chi connectivity index (χ1v) is 7.81. The Hall–Kier alpha value is -2.89. The highest BCUT2D eigenvalue weighted by atomic mass is 16.7. The minimum absolute atomic E-state index is 0.248. The van der Waals surface area contributed by atoms with Crippen LogP contribution in [0.25, 0.3) is 0 Å². The fourth-order valence-corrected chi connectivity index (χ4v) is 2.22. The summed E-state index contributed by atoms with van der Waals surface area (Å²) >= 11 is 0. The van der Waals surface area contributed by atoms with Crippen molar-refractivity contribution < 1.29 is 28.5 Å². The van der Waals surface area contributed by atoms with Gasteiger partial charge in [0.25, 0.3) is 0 Å². The molecular formula is C19H22O6. The molecule has 0 atom stereocenters. The topological polar surface area (TPSA) is 63.2 Å². The van der Waals surface area contributed by atoms with Crippen molar-refractivity contribution >= 4 is 5.97 Å². The van der Waals surface area contributed by atoms with E-state index in [1.165, 1.54) is 7.11 Å². The molecule has 0 saturated heterocycles. The van der Waals surface area contributed by atoms with Crippen molar-refractivity contribution in [3.63, 3.8) is 0 Å². The highest BCUT2D eigenvalue weighted by Gasteiger charge is 2.44. The van der Waals surface area contributed by atoms with E-state index in [1.54, 1.807) is 69.7 Å². The smallest absolute Gasteiger partial charge is 0.392 e. The highest BCUT2D eigenvalue weighted by Crippen LogP contribution is 2.29. The van der Waals surface area contributed by atoms with Crippen molar-refractivity contribution in [2.45, 2.75) is 19.1 Å². The summed E-state index contributed by atoms with van der Waals surface area (Å²) in [5.41, 5.74) is 0. The van der Waals surface area contributed by atoms with E-state index >= 15 is 0 Å². The van der Waals surface area contributed by atoms with Gasteiger partial charge in [-0.25, -0.2) is 4.79 Å². The lowest BCUT2D eigenvalue weighted by atomic mass is 10.2. The van der Waals surface area contributed by atoms with Gasteiger partial charge in [0.1, 0.15) is 23.0 Å². The summed E-state index contributed by atoms with van der Waals surface area (Å²) in [5.74, 6) is 0.0646. The summed E-state index contributed by atoms with van der Waals surface area (Å²) in [6.45, 7) is 1.78. The molecule has 0 aliphatic rings. The predicted octanol–water partition coefficient (Wildman–Crippen LogP) is 3.44. The molecule has 0 aliphatic carbocycles. The molecule has 2 rings (SSSR count). The third-order valence-electron chi connectivity index (χ3n) is 3.65. The fraction of sp³-hybridized carbons (Fsp3) is 0.316. The molecule has 0 aromatic heterocycles. The van der Waals surface area contributed by atoms with Crippen LogP contribution in [0.4, 0.5) is 0 Å². The number of carbonyl (C=O) groups is 1. The second-order valence-corrected chi connectivity index (χ2v) is 5.15. The second kappa shape index (κ2) is 8.28. The molecule has 2 aromatic rings. The number of methoxy groups -OCH3 is 3. The van der Waals surface area contributed by atoms with Gasteiger partial charge in [-0.2, -0.15) is 0 Å². The predicted molar refractivity (Wildman–Crippen MR) is 92.3 cm³/mol. The van der Waals surface area contributed by atoms with Crippen molar-refractivity contribution in [3.05, 3.63) is 48.5 Å². The minimum atomic E-state index is -1.60. The Morgan fingerprint density at radius 3 is 1.40 bits per heavy atom. The van der Waals surface area contributed by atoms with Crippen LogP contribution in [0.15, 0.2) is 48.5 Å². The summed E-state index contributed by atoms with van der Waals surface area (Å²) in [6.07, 6.45) is 0.248.